The van der Waals surface area contributed by atoms with Crippen LogP contribution in [0.3, 0.4) is 0 Å². The Morgan fingerprint density at radius 1 is 1.04 bits per heavy atom. The number of carbonyl (C=O) groups excluding carboxylic acids is 2. The first-order chi connectivity index (χ1) is 12.5. The van der Waals surface area contributed by atoms with Gasteiger partial charge in [0.05, 0.1) is 5.41 Å². The number of carbonyl (C=O) groups is 3. The van der Waals surface area contributed by atoms with Crippen LogP contribution in [0.4, 0.5) is 5.69 Å². The van der Waals surface area contributed by atoms with Crippen LogP contribution in [-0.2, 0) is 9.59 Å². The van der Waals surface area contributed by atoms with Gasteiger partial charge in [-0.3, -0.25) is 14.4 Å². The lowest BCUT2D eigenvalue weighted by Gasteiger charge is -2.27. The minimum absolute atomic E-state index is 0.0152. The van der Waals surface area contributed by atoms with E-state index >= 15 is 0 Å². The number of amides is 2. The highest BCUT2D eigenvalue weighted by Gasteiger charge is 2.42. The van der Waals surface area contributed by atoms with Gasteiger partial charge in [0.1, 0.15) is 0 Å². The number of aliphatic carboxylic acids is 1. The third-order valence-electron chi connectivity index (χ3n) is 5.55. The van der Waals surface area contributed by atoms with E-state index in [1.54, 1.807) is 24.3 Å². The van der Waals surface area contributed by atoms with Crippen LogP contribution in [0, 0.1) is 5.41 Å². The third kappa shape index (κ3) is 4.06. The Hall–Kier alpha value is -2.37. The molecule has 1 saturated heterocycles. The average molecular weight is 358 g/mol. The lowest BCUT2D eigenvalue weighted by atomic mass is 9.82. The summed E-state index contributed by atoms with van der Waals surface area (Å²) in [6, 6.07) is 6.90. The number of piperidine rings is 1. The summed E-state index contributed by atoms with van der Waals surface area (Å²) in [5.74, 6) is -1.21. The molecule has 2 aliphatic rings. The van der Waals surface area contributed by atoms with Gasteiger partial charge in [0, 0.05) is 30.8 Å². The molecule has 2 fully saturated rings. The number of likely N-dealkylation sites (tertiary alicyclic amines) is 1. The molecule has 1 aliphatic heterocycles. The van der Waals surface area contributed by atoms with Gasteiger partial charge in [0.25, 0.3) is 5.91 Å². The second kappa shape index (κ2) is 7.89. The van der Waals surface area contributed by atoms with Crippen LogP contribution in [0.5, 0.6) is 0 Å². The topological polar surface area (TPSA) is 86.7 Å². The fourth-order valence-electron chi connectivity index (χ4n) is 4.04. The zero-order chi connectivity index (χ0) is 18.6. The van der Waals surface area contributed by atoms with E-state index in [0.29, 0.717) is 24.1 Å². The van der Waals surface area contributed by atoms with Crippen LogP contribution < -0.4 is 5.32 Å². The first-order valence-corrected chi connectivity index (χ1v) is 9.43. The molecule has 0 radical (unpaired) electrons. The molecule has 0 spiro atoms. The van der Waals surface area contributed by atoms with E-state index in [2.05, 4.69) is 5.32 Å². The summed E-state index contributed by atoms with van der Waals surface area (Å²) in [5, 5.41) is 12.3. The van der Waals surface area contributed by atoms with Crippen molar-refractivity contribution >= 4 is 23.5 Å². The maximum absolute atomic E-state index is 12.6. The zero-order valence-electron chi connectivity index (χ0n) is 15.0. The Morgan fingerprint density at radius 3 is 2.38 bits per heavy atom. The molecule has 1 aromatic rings. The maximum Gasteiger partial charge on any atom is 0.310 e. The van der Waals surface area contributed by atoms with E-state index < -0.39 is 11.4 Å². The Balaban J connectivity index is 1.65. The highest BCUT2D eigenvalue weighted by Crippen LogP contribution is 2.41. The van der Waals surface area contributed by atoms with Crippen LogP contribution in [0.1, 0.15) is 61.7 Å². The van der Waals surface area contributed by atoms with Gasteiger partial charge in [-0.1, -0.05) is 18.9 Å². The lowest BCUT2D eigenvalue weighted by Crippen LogP contribution is -2.35. The van der Waals surface area contributed by atoms with Crippen LogP contribution in [-0.4, -0.2) is 40.9 Å². The van der Waals surface area contributed by atoms with Crippen LogP contribution in [0.25, 0.3) is 0 Å². The number of rotatable bonds is 5. The Morgan fingerprint density at radius 2 is 1.73 bits per heavy atom. The molecule has 1 heterocycles. The highest BCUT2D eigenvalue weighted by atomic mass is 16.4. The highest BCUT2D eigenvalue weighted by molar-refractivity contribution is 5.98. The number of nitrogens with one attached hydrogen (secondary N) is 1. The summed E-state index contributed by atoms with van der Waals surface area (Å²) in [7, 11) is 0. The van der Waals surface area contributed by atoms with Gasteiger partial charge in [0.2, 0.25) is 5.91 Å². The molecule has 140 valence electrons. The monoisotopic (exact) mass is 358 g/mol. The Kier molecular flexibility index (Phi) is 5.59. The summed E-state index contributed by atoms with van der Waals surface area (Å²) >= 11 is 0. The summed E-state index contributed by atoms with van der Waals surface area (Å²) in [5.41, 5.74) is 0.153. The van der Waals surface area contributed by atoms with Gasteiger partial charge >= 0.3 is 5.97 Å². The zero-order valence-corrected chi connectivity index (χ0v) is 15.0. The van der Waals surface area contributed by atoms with E-state index in [0.717, 1.165) is 45.2 Å². The third-order valence-corrected chi connectivity index (χ3v) is 5.55. The van der Waals surface area contributed by atoms with Crippen LogP contribution >= 0.6 is 0 Å². The largest absolute Gasteiger partial charge is 0.481 e. The van der Waals surface area contributed by atoms with E-state index in [-0.39, 0.29) is 18.2 Å². The minimum Gasteiger partial charge on any atom is -0.481 e. The van der Waals surface area contributed by atoms with Gasteiger partial charge in [-0.25, -0.2) is 0 Å². The van der Waals surface area contributed by atoms with Gasteiger partial charge in [-0.05, 0) is 50.3 Å². The number of anilines is 1. The summed E-state index contributed by atoms with van der Waals surface area (Å²) in [6.45, 7) is 1.55. The van der Waals surface area contributed by atoms with E-state index in [9.17, 15) is 19.5 Å². The second-order valence-electron chi connectivity index (χ2n) is 7.45. The number of carboxylic acid groups (broad SMARTS) is 1. The van der Waals surface area contributed by atoms with Crippen molar-refractivity contribution in [2.45, 2.75) is 51.4 Å². The summed E-state index contributed by atoms with van der Waals surface area (Å²) < 4.78 is 0. The van der Waals surface area contributed by atoms with Crippen molar-refractivity contribution < 1.29 is 19.5 Å². The summed E-state index contributed by atoms with van der Waals surface area (Å²) in [4.78, 5) is 38.4. The van der Waals surface area contributed by atoms with E-state index in [1.807, 2.05) is 4.90 Å². The molecule has 2 amide bonds. The molecule has 0 bridgehead atoms. The van der Waals surface area contributed by atoms with Crippen molar-refractivity contribution in [3.05, 3.63) is 29.8 Å². The minimum atomic E-state index is -0.939. The molecule has 26 heavy (non-hydrogen) atoms. The molecule has 3 rings (SSSR count). The number of carboxylic acids is 1. The second-order valence-corrected chi connectivity index (χ2v) is 7.45. The maximum atomic E-state index is 12.6. The SMILES string of the molecule is O=C(CC1(C(=O)O)CCCC1)Nc1cccc(C(=O)N2CCCCC2)c1. The predicted molar refractivity (Wildman–Crippen MR) is 98.0 cm³/mol. The molecule has 6 nitrogen and oxygen atoms in total. The molecule has 0 unspecified atom stereocenters. The Labute approximate surface area is 153 Å². The van der Waals surface area contributed by atoms with Crippen LogP contribution in [0.2, 0.25) is 0 Å². The Bertz CT molecular complexity index is 689. The van der Waals surface area contributed by atoms with Gasteiger partial charge < -0.3 is 15.3 Å². The van der Waals surface area contributed by atoms with Gasteiger partial charge in [0.15, 0.2) is 0 Å². The van der Waals surface area contributed by atoms with E-state index in [1.165, 1.54) is 0 Å². The van der Waals surface area contributed by atoms with Crippen molar-refractivity contribution in [1.29, 1.82) is 0 Å². The van der Waals surface area contributed by atoms with E-state index in [4.69, 9.17) is 0 Å². The normalized spacial score (nSPS) is 19.2. The van der Waals surface area contributed by atoms with Gasteiger partial charge in [-0.2, -0.15) is 0 Å². The van der Waals surface area contributed by atoms with Crippen molar-refractivity contribution in [3.8, 4) is 0 Å². The first kappa shape index (κ1) is 18.4. The molecular formula is C20H26N2O4. The first-order valence-electron chi connectivity index (χ1n) is 9.43. The molecule has 0 atom stereocenters. The molecule has 0 aromatic heterocycles. The number of hydrogen-bond acceptors (Lipinski definition) is 3. The van der Waals surface area contributed by atoms with Crippen molar-refractivity contribution in [2.75, 3.05) is 18.4 Å². The molecular weight excluding hydrogens is 332 g/mol. The molecule has 1 aromatic carbocycles. The number of hydrogen-bond donors (Lipinski definition) is 2. The molecule has 2 N–H and O–H groups in total. The quantitative estimate of drug-likeness (QED) is 0.846. The number of benzene rings is 1. The van der Waals surface area contributed by atoms with Gasteiger partial charge in [-0.15, -0.1) is 0 Å². The fraction of sp³-hybridized carbons (Fsp3) is 0.550. The number of nitrogens with zero attached hydrogens (tertiary/aromatic N) is 1. The van der Waals surface area contributed by atoms with Crippen molar-refractivity contribution in [2.24, 2.45) is 5.41 Å². The molecule has 1 aliphatic carbocycles. The fourth-order valence-corrected chi connectivity index (χ4v) is 4.04. The predicted octanol–water partition coefficient (Wildman–Crippen LogP) is 3.29. The van der Waals surface area contributed by atoms with Crippen LogP contribution in [0.15, 0.2) is 24.3 Å². The molecule has 6 heteroatoms. The lowest BCUT2D eigenvalue weighted by molar-refractivity contribution is -0.150. The van der Waals surface area contributed by atoms with Crippen molar-refractivity contribution in [1.82, 2.24) is 4.90 Å². The average Bonchev–Trinajstić information content (AvgIpc) is 3.12. The smallest absolute Gasteiger partial charge is 0.310 e. The molecule has 1 saturated carbocycles. The summed E-state index contributed by atoms with van der Waals surface area (Å²) in [6.07, 6.45) is 5.97. The van der Waals surface area contributed by atoms with Crippen molar-refractivity contribution in [3.63, 3.8) is 0 Å². The standard InChI is InChI=1S/C20H26N2O4/c23-17(14-20(19(25)26)9-2-3-10-20)21-16-8-6-7-15(13-16)18(24)22-11-4-1-5-12-22/h6-8,13H,1-5,9-12,14H2,(H,21,23)(H,25,26).